The summed E-state index contributed by atoms with van der Waals surface area (Å²) in [6.45, 7) is 8.77. The van der Waals surface area contributed by atoms with Gasteiger partial charge in [0.05, 0.1) is 12.7 Å². The maximum atomic E-state index is 9.89. The minimum atomic E-state index is -0.317. The van der Waals surface area contributed by atoms with Gasteiger partial charge in [0.2, 0.25) is 0 Å². The van der Waals surface area contributed by atoms with Crippen LogP contribution < -0.4 is 0 Å². The topological polar surface area (TPSA) is 32.7 Å². The first-order valence-electron chi connectivity index (χ1n) is 7.24. The molecular formula is C14H29NO2. The van der Waals surface area contributed by atoms with Crippen LogP contribution in [-0.2, 0) is 4.74 Å². The van der Waals surface area contributed by atoms with Gasteiger partial charge in [-0.05, 0) is 31.7 Å². The molecule has 1 rings (SSSR count). The van der Waals surface area contributed by atoms with Crippen molar-refractivity contribution in [2.45, 2.75) is 52.1 Å². The van der Waals surface area contributed by atoms with E-state index in [1.165, 1.54) is 19.3 Å². The third kappa shape index (κ3) is 6.39. The van der Waals surface area contributed by atoms with Crippen molar-refractivity contribution in [1.29, 1.82) is 0 Å². The molecule has 1 fully saturated rings. The summed E-state index contributed by atoms with van der Waals surface area (Å²) in [7, 11) is 0. The lowest BCUT2D eigenvalue weighted by Gasteiger charge is -2.33. The number of β-amino-alcohol motifs (C(OH)–C–C–N with tert-alkyl or cyclic N) is 1. The van der Waals surface area contributed by atoms with E-state index < -0.39 is 0 Å². The number of hydrogen-bond acceptors (Lipinski definition) is 3. The van der Waals surface area contributed by atoms with E-state index in [0.29, 0.717) is 6.61 Å². The first-order valence-corrected chi connectivity index (χ1v) is 7.24. The van der Waals surface area contributed by atoms with E-state index in [4.69, 9.17) is 4.74 Å². The molecule has 0 amide bonds. The molecule has 3 heteroatoms. The van der Waals surface area contributed by atoms with Crippen LogP contribution in [-0.4, -0.2) is 49.0 Å². The van der Waals surface area contributed by atoms with Crippen LogP contribution in [0.3, 0.4) is 0 Å². The second kappa shape index (κ2) is 8.90. The first-order chi connectivity index (χ1) is 8.26. The predicted molar refractivity (Wildman–Crippen MR) is 71.2 cm³/mol. The Hall–Kier alpha value is -0.120. The Morgan fingerprint density at radius 1 is 1.41 bits per heavy atom. The van der Waals surface area contributed by atoms with Crippen molar-refractivity contribution < 1.29 is 9.84 Å². The molecule has 1 saturated heterocycles. The Morgan fingerprint density at radius 3 is 2.94 bits per heavy atom. The summed E-state index contributed by atoms with van der Waals surface area (Å²) in [6, 6.07) is 0. The molecule has 3 nitrogen and oxygen atoms in total. The lowest BCUT2D eigenvalue weighted by molar-refractivity contribution is 0.00816. The van der Waals surface area contributed by atoms with Gasteiger partial charge >= 0.3 is 0 Å². The summed E-state index contributed by atoms with van der Waals surface area (Å²) in [5.41, 5.74) is 0. The highest BCUT2D eigenvalue weighted by molar-refractivity contribution is 4.74. The maximum absolute atomic E-state index is 9.89. The molecule has 0 aromatic heterocycles. The fourth-order valence-corrected chi connectivity index (χ4v) is 2.47. The second-order valence-electron chi connectivity index (χ2n) is 5.26. The molecule has 1 heterocycles. The quantitative estimate of drug-likeness (QED) is 0.664. The van der Waals surface area contributed by atoms with Crippen molar-refractivity contribution in [3.63, 3.8) is 0 Å². The van der Waals surface area contributed by atoms with E-state index in [1.807, 2.05) is 0 Å². The normalized spacial score (nSPS) is 23.8. The number of nitrogens with zero attached hydrogens (tertiary/aromatic N) is 1. The Morgan fingerprint density at radius 2 is 2.24 bits per heavy atom. The number of ether oxygens (including phenoxy) is 1. The number of piperidine rings is 1. The third-order valence-corrected chi connectivity index (χ3v) is 3.60. The van der Waals surface area contributed by atoms with Crippen molar-refractivity contribution in [3.05, 3.63) is 0 Å². The number of aliphatic hydroxyl groups is 1. The molecule has 1 aliphatic rings. The second-order valence-corrected chi connectivity index (χ2v) is 5.26. The molecule has 0 bridgehead atoms. The van der Waals surface area contributed by atoms with Crippen molar-refractivity contribution in [2.24, 2.45) is 5.92 Å². The van der Waals surface area contributed by atoms with Crippen LogP contribution in [0.25, 0.3) is 0 Å². The Kier molecular flexibility index (Phi) is 7.82. The zero-order valence-corrected chi connectivity index (χ0v) is 11.5. The molecule has 0 radical (unpaired) electrons. The number of hydrogen-bond donors (Lipinski definition) is 1. The standard InChI is InChI=1S/C14H29NO2/c1-3-5-9-17-12-14(16)11-15-8-6-7-13(4-2)10-15/h13-14,16H,3-12H2,1-2H3. The zero-order chi connectivity index (χ0) is 12.5. The number of unbranched alkanes of at least 4 members (excludes halogenated alkanes) is 1. The summed E-state index contributed by atoms with van der Waals surface area (Å²) in [4.78, 5) is 2.39. The molecule has 0 spiro atoms. The van der Waals surface area contributed by atoms with Crippen molar-refractivity contribution in [1.82, 2.24) is 4.90 Å². The van der Waals surface area contributed by atoms with Gasteiger partial charge in [0, 0.05) is 19.7 Å². The molecule has 1 N–H and O–H groups in total. The summed E-state index contributed by atoms with van der Waals surface area (Å²) >= 11 is 0. The molecular weight excluding hydrogens is 214 g/mol. The molecule has 2 atom stereocenters. The average molecular weight is 243 g/mol. The van der Waals surface area contributed by atoms with Crippen molar-refractivity contribution >= 4 is 0 Å². The van der Waals surface area contributed by atoms with Gasteiger partial charge in [0.1, 0.15) is 0 Å². The Labute approximate surface area is 106 Å². The van der Waals surface area contributed by atoms with E-state index in [0.717, 1.165) is 45.0 Å². The van der Waals surface area contributed by atoms with E-state index in [9.17, 15) is 5.11 Å². The minimum Gasteiger partial charge on any atom is -0.389 e. The van der Waals surface area contributed by atoms with E-state index in [1.54, 1.807) is 0 Å². The minimum absolute atomic E-state index is 0.317. The molecule has 102 valence electrons. The molecule has 0 saturated carbocycles. The van der Waals surface area contributed by atoms with Crippen LogP contribution in [0.15, 0.2) is 0 Å². The number of rotatable bonds is 8. The first kappa shape index (κ1) is 14.9. The highest BCUT2D eigenvalue weighted by Crippen LogP contribution is 2.19. The van der Waals surface area contributed by atoms with Crippen LogP contribution in [0.1, 0.15) is 46.0 Å². The fourth-order valence-electron chi connectivity index (χ4n) is 2.47. The Balaban J connectivity index is 2.10. The van der Waals surface area contributed by atoms with Gasteiger partial charge in [0.25, 0.3) is 0 Å². The largest absolute Gasteiger partial charge is 0.389 e. The number of aliphatic hydroxyl groups excluding tert-OH is 1. The summed E-state index contributed by atoms with van der Waals surface area (Å²) in [6.07, 6.45) is 5.83. The highest BCUT2D eigenvalue weighted by Gasteiger charge is 2.20. The average Bonchev–Trinajstić information content (AvgIpc) is 2.35. The van der Waals surface area contributed by atoms with E-state index in [-0.39, 0.29) is 6.10 Å². The molecule has 0 aromatic carbocycles. The van der Waals surface area contributed by atoms with Crippen molar-refractivity contribution in [3.8, 4) is 0 Å². The van der Waals surface area contributed by atoms with Crippen LogP contribution in [0.5, 0.6) is 0 Å². The maximum Gasteiger partial charge on any atom is 0.0900 e. The van der Waals surface area contributed by atoms with Crippen molar-refractivity contribution in [2.75, 3.05) is 32.8 Å². The molecule has 1 aliphatic heterocycles. The molecule has 2 unspecified atom stereocenters. The van der Waals surface area contributed by atoms with Gasteiger partial charge in [-0.1, -0.05) is 26.7 Å². The lowest BCUT2D eigenvalue weighted by Crippen LogP contribution is -2.41. The van der Waals surface area contributed by atoms with Gasteiger partial charge in [-0.2, -0.15) is 0 Å². The SMILES string of the molecule is CCCCOCC(O)CN1CCCC(CC)C1. The van der Waals surface area contributed by atoms with Crippen LogP contribution in [0, 0.1) is 5.92 Å². The van der Waals surface area contributed by atoms with Crippen LogP contribution in [0.2, 0.25) is 0 Å². The predicted octanol–water partition coefficient (Wildman–Crippen LogP) is 2.29. The van der Waals surface area contributed by atoms with E-state index in [2.05, 4.69) is 18.7 Å². The smallest absolute Gasteiger partial charge is 0.0900 e. The fraction of sp³-hybridized carbons (Fsp3) is 1.00. The van der Waals surface area contributed by atoms with Gasteiger partial charge in [0.15, 0.2) is 0 Å². The van der Waals surface area contributed by atoms with Crippen LogP contribution >= 0.6 is 0 Å². The molecule has 17 heavy (non-hydrogen) atoms. The molecule has 0 aromatic rings. The zero-order valence-electron chi connectivity index (χ0n) is 11.5. The summed E-state index contributed by atoms with van der Waals surface area (Å²) in [5, 5.41) is 9.89. The third-order valence-electron chi connectivity index (χ3n) is 3.60. The van der Waals surface area contributed by atoms with Gasteiger partial charge in [-0.3, -0.25) is 0 Å². The summed E-state index contributed by atoms with van der Waals surface area (Å²) < 4.78 is 5.45. The van der Waals surface area contributed by atoms with Crippen LogP contribution in [0.4, 0.5) is 0 Å². The van der Waals surface area contributed by atoms with Gasteiger partial charge < -0.3 is 14.7 Å². The monoisotopic (exact) mass is 243 g/mol. The molecule has 0 aliphatic carbocycles. The summed E-state index contributed by atoms with van der Waals surface area (Å²) in [5.74, 6) is 0.831. The lowest BCUT2D eigenvalue weighted by atomic mass is 9.95. The number of likely N-dealkylation sites (tertiary alicyclic amines) is 1. The van der Waals surface area contributed by atoms with Gasteiger partial charge in [-0.15, -0.1) is 0 Å². The Bertz CT molecular complexity index is 187. The van der Waals surface area contributed by atoms with E-state index >= 15 is 0 Å². The highest BCUT2D eigenvalue weighted by atomic mass is 16.5. The van der Waals surface area contributed by atoms with Gasteiger partial charge in [-0.25, -0.2) is 0 Å².